The summed E-state index contributed by atoms with van der Waals surface area (Å²) in [5.41, 5.74) is 1.37. The minimum absolute atomic E-state index is 0.486. The van der Waals surface area contributed by atoms with Crippen molar-refractivity contribution in [2.24, 2.45) is 17.8 Å². The Hall–Kier alpha value is -0.343. The van der Waals surface area contributed by atoms with E-state index in [0.29, 0.717) is 12.0 Å². The van der Waals surface area contributed by atoms with Crippen LogP contribution in [0, 0.1) is 17.8 Å². The number of hydrogen-bond donors (Lipinski definition) is 0. The molecule has 0 aliphatic heterocycles. The summed E-state index contributed by atoms with van der Waals surface area (Å²) in [6, 6.07) is 0. The van der Waals surface area contributed by atoms with Crippen molar-refractivity contribution in [1.29, 1.82) is 0 Å². The Balaban J connectivity index is 2.60. The number of rotatable bonds is 5. The van der Waals surface area contributed by atoms with E-state index >= 15 is 0 Å². The van der Waals surface area contributed by atoms with Crippen LogP contribution in [0.2, 0.25) is 19.6 Å². The molecule has 1 fully saturated rings. The van der Waals surface area contributed by atoms with E-state index in [0.717, 1.165) is 11.8 Å². The third-order valence-corrected chi connectivity index (χ3v) is 5.27. The van der Waals surface area contributed by atoms with Gasteiger partial charge in [0.25, 0.3) is 0 Å². The van der Waals surface area contributed by atoms with Crippen LogP contribution < -0.4 is 0 Å². The molecule has 0 spiro atoms. The topological polar surface area (TPSA) is 9.23 Å². The molecule has 4 atom stereocenters. The summed E-state index contributed by atoms with van der Waals surface area (Å²) in [5, 5.41) is 0. The highest BCUT2D eigenvalue weighted by Crippen LogP contribution is 2.36. The monoisotopic (exact) mass is 294 g/mol. The van der Waals surface area contributed by atoms with E-state index in [1.807, 2.05) is 0 Å². The highest BCUT2D eigenvalue weighted by Gasteiger charge is 2.33. The van der Waals surface area contributed by atoms with Crippen molar-refractivity contribution in [2.75, 3.05) is 0 Å². The lowest BCUT2D eigenvalue weighted by molar-refractivity contribution is 0.0585. The summed E-state index contributed by atoms with van der Waals surface area (Å²) in [4.78, 5) is 0. The summed E-state index contributed by atoms with van der Waals surface area (Å²) in [6.45, 7) is 15.9. The molecule has 2 unspecified atom stereocenters. The first-order chi connectivity index (χ1) is 9.19. The molecule has 0 aromatic carbocycles. The first-order valence-electron chi connectivity index (χ1n) is 8.18. The van der Waals surface area contributed by atoms with E-state index in [2.05, 4.69) is 65.6 Å². The van der Waals surface area contributed by atoms with Crippen molar-refractivity contribution in [3.63, 3.8) is 0 Å². The second-order valence-corrected chi connectivity index (χ2v) is 12.3. The van der Waals surface area contributed by atoms with Gasteiger partial charge < -0.3 is 4.43 Å². The van der Waals surface area contributed by atoms with Crippen molar-refractivity contribution >= 4 is 8.32 Å². The Bertz CT molecular complexity index is 347. The number of hydrogen-bond acceptors (Lipinski definition) is 1. The van der Waals surface area contributed by atoms with Crippen LogP contribution in [0.15, 0.2) is 23.8 Å². The van der Waals surface area contributed by atoms with Gasteiger partial charge in [-0.2, -0.15) is 0 Å². The van der Waals surface area contributed by atoms with Crippen molar-refractivity contribution in [3.05, 3.63) is 23.8 Å². The van der Waals surface area contributed by atoms with Crippen LogP contribution in [-0.2, 0) is 4.43 Å². The molecule has 0 amide bonds. The van der Waals surface area contributed by atoms with Gasteiger partial charge in [0.05, 0.1) is 0 Å². The first-order valence-corrected chi connectivity index (χ1v) is 11.6. The van der Waals surface area contributed by atoms with Gasteiger partial charge in [0.1, 0.15) is 0 Å². The summed E-state index contributed by atoms with van der Waals surface area (Å²) in [7, 11) is -1.42. The van der Waals surface area contributed by atoms with Crippen LogP contribution in [0.3, 0.4) is 0 Å². The molecule has 1 saturated carbocycles. The molecule has 0 bridgehead atoms. The van der Waals surface area contributed by atoms with Crippen LogP contribution in [0.1, 0.15) is 47.0 Å². The lowest BCUT2D eigenvalue weighted by Gasteiger charge is -2.39. The Morgan fingerprint density at radius 3 is 2.40 bits per heavy atom. The Kier molecular flexibility index (Phi) is 6.73. The van der Waals surface area contributed by atoms with Crippen LogP contribution in [0.5, 0.6) is 0 Å². The van der Waals surface area contributed by atoms with Crippen molar-refractivity contribution in [2.45, 2.75) is 72.7 Å². The number of allylic oxidation sites excluding steroid dienone is 4. The summed E-state index contributed by atoms with van der Waals surface area (Å²) < 4.78 is 6.42. The highest BCUT2D eigenvalue weighted by molar-refractivity contribution is 6.69. The highest BCUT2D eigenvalue weighted by atomic mass is 28.4. The zero-order valence-electron chi connectivity index (χ0n) is 14.6. The molecule has 0 radical (unpaired) electrons. The SMILES string of the molecule is CC(C)=C/C=C/[C@@H](C)C1CC[C@H](C)C(O[Si](C)(C)C)C1. The van der Waals surface area contributed by atoms with Crippen LogP contribution in [-0.4, -0.2) is 14.4 Å². The van der Waals surface area contributed by atoms with Crippen LogP contribution in [0.4, 0.5) is 0 Å². The average Bonchev–Trinajstić information content (AvgIpc) is 2.29. The van der Waals surface area contributed by atoms with Gasteiger partial charge in [-0.1, -0.05) is 37.6 Å². The van der Waals surface area contributed by atoms with E-state index in [9.17, 15) is 0 Å². The van der Waals surface area contributed by atoms with Gasteiger partial charge in [-0.15, -0.1) is 0 Å². The van der Waals surface area contributed by atoms with E-state index in [-0.39, 0.29) is 0 Å². The Morgan fingerprint density at radius 2 is 1.85 bits per heavy atom. The lowest BCUT2D eigenvalue weighted by atomic mass is 9.75. The molecule has 1 aliphatic carbocycles. The molecular formula is C18H34OSi. The van der Waals surface area contributed by atoms with Gasteiger partial charge in [0.15, 0.2) is 8.32 Å². The second kappa shape index (κ2) is 7.60. The molecule has 0 N–H and O–H groups in total. The smallest absolute Gasteiger partial charge is 0.184 e. The van der Waals surface area contributed by atoms with Gasteiger partial charge >= 0.3 is 0 Å². The van der Waals surface area contributed by atoms with Crippen molar-refractivity contribution in [3.8, 4) is 0 Å². The predicted molar refractivity (Wildman–Crippen MR) is 92.5 cm³/mol. The molecule has 20 heavy (non-hydrogen) atoms. The quantitative estimate of drug-likeness (QED) is 0.460. The van der Waals surface area contributed by atoms with Gasteiger partial charge in [0, 0.05) is 6.10 Å². The fraction of sp³-hybridized carbons (Fsp3) is 0.778. The van der Waals surface area contributed by atoms with E-state index < -0.39 is 8.32 Å². The third-order valence-electron chi connectivity index (χ3n) is 4.26. The molecule has 116 valence electrons. The Morgan fingerprint density at radius 1 is 1.20 bits per heavy atom. The maximum absolute atomic E-state index is 6.42. The molecule has 0 heterocycles. The van der Waals surface area contributed by atoms with Gasteiger partial charge in [-0.05, 0) is 70.5 Å². The predicted octanol–water partition coefficient (Wildman–Crippen LogP) is 5.80. The summed E-state index contributed by atoms with van der Waals surface area (Å²) >= 11 is 0. The van der Waals surface area contributed by atoms with E-state index in [1.165, 1.54) is 24.8 Å². The van der Waals surface area contributed by atoms with Gasteiger partial charge in [0.2, 0.25) is 0 Å². The largest absolute Gasteiger partial charge is 0.414 e. The zero-order chi connectivity index (χ0) is 15.3. The van der Waals surface area contributed by atoms with Crippen LogP contribution in [0.25, 0.3) is 0 Å². The minimum Gasteiger partial charge on any atom is -0.414 e. The second-order valence-electron chi connectivity index (χ2n) is 7.81. The lowest BCUT2D eigenvalue weighted by Crippen LogP contribution is -2.40. The average molecular weight is 295 g/mol. The molecule has 2 heteroatoms. The summed E-state index contributed by atoms with van der Waals surface area (Å²) in [6.07, 6.45) is 11.2. The van der Waals surface area contributed by atoms with Gasteiger partial charge in [-0.3, -0.25) is 0 Å². The molecule has 0 aromatic heterocycles. The molecule has 1 rings (SSSR count). The fourth-order valence-electron chi connectivity index (χ4n) is 2.99. The van der Waals surface area contributed by atoms with Crippen molar-refractivity contribution in [1.82, 2.24) is 0 Å². The third kappa shape index (κ3) is 6.40. The maximum Gasteiger partial charge on any atom is 0.184 e. The maximum atomic E-state index is 6.42. The van der Waals surface area contributed by atoms with E-state index in [1.54, 1.807) is 0 Å². The first kappa shape index (κ1) is 17.7. The van der Waals surface area contributed by atoms with Crippen LogP contribution >= 0.6 is 0 Å². The van der Waals surface area contributed by atoms with Crippen molar-refractivity contribution < 1.29 is 4.43 Å². The molecular weight excluding hydrogens is 260 g/mol. The molecule has 1 aliphatic rings. The molecule has 0 saturated heterocycles. The molecule has 1 nitrogen and oxygen atoms in total. The zero-order valence-corrected chi connectivity index (χ0v) is 15.6. The fourth-order valence-corrected chi connectivity index (χ4v) is 4.22. The minimum atomic E-state index is -1.42. The Labute approximate surface area is 127 Å². The normalized spacial score (nSPS) is 29.4. The molecule has 0 aromatic rings. The van der Waals surface area contributed by atoms with Gasteiger partial charge in [-0.25, -0.2) is 0 Å². The standard InChI is InChI=1S/C18H34OSi/c1-14(2)9-8-10-15(3)17-12-11-16(4)18(13-17)19-20(5,6)7/h8-10,15-18H,11-13H2,1-7H3/b10-8+/t15-,16+,17?,18?/m1/s1. The summed E-state index contributed by atoms with van der Waals surface area (Å²) in [5.74, 6) is 2.17. The van der Waals surface area contributed by atoms with E-state index in [4.69, 9.17) is 4.43 Å².